The van der Waals surface area contributed by atoms with Gasteiger partial charge in [-0.05, 0) is 32.0 Å². The summed E-state index contributed by atoms with van der Waals surface area (Å²) >= 11 is 0. The van der Waals surface area contributed by atoms with Gasteiger partial charge >= 0.3 is 6.03 Å². The summed E-state index contributed by atoms with van der Waals surface area (Å²) in [5, 5.41) is 21.5. The molecule has 0 bridgehead atoms. The molecule has 4 rings (SSSR count). The van der Waals surface area contributed by atoms with Gasteiger partial charge in [-0.3, -0.25) is 15.4 Å². The third kappa shape index (κ3) is 3.34. The van der Waals surface area contributed by atoms with Crippen LogP contribution in [0.1, 0.15) is 19.9 Å². The van der Waals surface area contributed by atoms with Crippen molar-refractivity contribution in [3.05, 3.63) is 49.1 Å². The van der Waals surface area contributed by atoms with Gasteiger partial charge in [0.05, 0.1) is 17.4 Å². The summed E-state index contributed by atoms with van der Waals surface area (Å²) in [6.07, 6.45) is 4.94. The van der Waals surface area contributed by atoms with E-state index in [2.05, 4.69) is 36.0 Å². The Morgan fingerprint density at radius 2 is 2.04 bits per heavy atom. The number of pyridine rings is 1. The first-order valence-electron chi connectivity index (χ1n) is 8.48. The summed E-state index contributed by atoms with van der Waals surface area (Å²) in [7, 11) is 0. The number of carbonyl (C=O) groups excluding carboxylic acids is 1. The number of aromatic amines is 1. The Morgan fingerprint density at radius 1 is 1.19 bits per heavy atom. The average Bonchev–Trinajstić information content (AvgIpc) is 3.30. The smallest absolute Gasteiger partial charge is 0.311 e. The van der Waals surface area contributed by atoms with Crippen LogP contribution in [-0.4, -0.2) is 36.0 Å². The number of urea groups is 1. The fraction of sp³-hybridized carbons (Fsp3) is 0.167. The first-order valence-corrected chi connectivity index (χ1v) is 8.48. The minimum atomic E-state index is -0.406. The second-order valence-electron chi connectivity index (χ2n) is 6.31. The van der Waals surface area contributed by atoms with Gasteiger partial charge in [0.1, 0.15) is 6.33 Å². The minimum Gasteiger partial charge on any atom is -0.311 e. The number of rotatable bonds is 4. The van der Waals surface area contributed by atoms with Gasteiger partial charge in [-0.1, -0.05) is 12.1 Å². The highest BCUT2D eigenvalue weighted by Crippen LogP contribution is 2.23. The van der Waals surface area contributed by atoms with E-state index in [0.717, 1.165) is 16.5 Å². The lowest BCUT2D eigenvalue weighted by molar-refractivity contribution is 0.262. The maximum absolute atomic E-state index is 12.4. The van der Waals surface area contributed by atoms with Crippen LogP contribution in [-0.2, 0) is 0 Å². The molecule has 0 atom stereocenters. The molecule has 0 radical (unpaired) electrons. The quantitative estimate of drug-likeness (QED) is 0.515. The zero-order valence-electron chi connectivity index (χ0n) is 14.8. The lowest BCUT2D eigenvalue weighted by Gasteiger charge is -2.11. The van der Waals surface area contributed by atoms with Gasteiger partial charge in [-0.25, -0.2) is 4.79 Å². The van der Waals surface area contributed by atoms with E-state index >= 15 is 0 Å². The van der Waals surface area contributed by atoms with Crippen LogP contribution in [0.5, 0.6) is 0 Å². The molecule has 2 amide bonds. The first-order chi connectivity index (χ1) is 13.1. The highest BCUT2D eigenvalue weighted by molar-refractivity contribution is 6.04. The van der Waals surface area contributed by atoms with Crippen molar-refractivity contribution in [3.63, 3.8) is 0 Å². The van der Waals surface area contributed by atoms with E-state index in [9.17, 15) is 4.79 Å². The number of nitrogens with zero attached hydrogens (tertiary/aromatic N) is 5. The van der Waals surface area contributed by atoms with Crippen LogP contribution in [0.3, 0.4) is 0 Å². The Labute approximate surface area is 154 Å². The number of aromatic nitrogens is 6. The molecule has 3 heterocycles. The minimum absolute atomic E-state index is 0.211. The normalized spacial score (nSPS) is 11.1. The number of para-hydroxylation sites is 1. The Bertz CT molecular complexity index is 1100. The number of H-pyrrole nitrogens is 1. The number of nitrogens with one attached hydrogen (secondary N) is 3. The Balaban J connectivity index is 1.53. The molecule has 0 fully saturated rings. The van der Waals surface area contributed by atoms with Crippen LogP contribution in [0, 0.1) is 0 Å². The van der Waals surface area contributed by atoms with Gasteiger partial charge in [0, 0.05) is 23.2 Å². The molecule has 4 aromatic rings. The lowest BCUT2D eigenvalue weighted by atomic mass is 10.2. The van der Waals surface area contributed by atoms with Gasteiger partial charge in [-0.15, -0.1) is 10.2 Å². The van der Waals surface area contributed by atoms with Crippen LogP contribution in [0.15, 0.2) is 49.1 Å². The second kappa shape index (κ2) is 6.87. The molecule has 9 nitrogen and oxygen atoms in total. The lowest BCUT2D eigenvalue weighted by Crippen LogP contribution is -2.20. The Morgan fingerprint density at radius 3 is 2.89 bits per heavy atom. The molecule has 0 aliphatic rings. The zero-order chi connectivity index (χ0) is 18.8. The largest absolute Gasteiger partial charge is 0.324 e. The summed E-state index contributed by atoms with van der Waals surface area (Å²) in [6.45, 7) is 4.09. The third-order valence-corrected chi connectivity index (χ3v) is 4.09. The van der Waals surface area contributed by atoms with Crippen molar-refractivity contribution in [1.29, 1.82) is 0 Å². The van der Waals surface area contributed by atoms with E-state index in [-0.39, 0.29) is 6.04 Å². The summed E-state index contributed by atoms with van der Waals surface area (Å²) in [5.74, 6) is 1.16. The second-order valence-corrected chi connectivity index (χ2v) is 6.31. The van der Waals surface area contributed by atoms with Crippen molar-refractivity contribution in [1.82, 2.24) is 29.9 Å². The Kier molecular flexibility index (Phi) is 4.25. The molecule has 3 N–H and O–H groups in total. The van der Waals surface area contributed by atoms with Crippen LogP contribution >= 0.6 is 0 Å². The third-order valence-electron chi connectivity index (χ3n) is 4.09. The first kappa shape index (κ1) is 16.7. The van der Waals surface area contributed by atoms with Crippen molar-refractivity contribution in [2.24, 2.45) is 0 Å². The van der Waals surface area contributed by atoms with Crippen molar-refractivity contribution < 1.29 is 4.79 Å². The number of hydrogen-bond donors (Lipinski definition) is 3. The summed E-state index contributed by atoms with van der Waals surface area (Å²) in [5.41, 5.74) is 2.16. The van der Waals surface area contributed by atoms with Crippen LogP contribution in [0.4, 0.5) is 16.3 Å². The molecule has 0 saturated heterocycles. The summed E-state index contributed by atoms with van der Waals surface area (Å²) in [6, 6.07) is 9.17. The van der Waals surface area contributed by atoms with E-state index < -0.39 is 6.03 Å². The molecule has 0 aliphatic heterocycles. The highest BCUT2D eigenvalue weighted by atomic mass is 16.2. The van der Waals surface area contributed by atoms with Crippen molar-refractivity contribution >= 4 is 28.4 Å². The molecule has 136 valence electrons. The van der Waals surface area contributed by atoms with Gasteiger partial charge in [0.15, 0.2) is 11.6 Å². The average molecular weight is 362 g/mol. The van der Waals surface area contributed by atoms with Crippen molar-refractivity contribution in [2.75, 3.05) is 10.6 Å². The monoisotopic (exact) mass is 362 g/mol. The van der Waals surface area contributed by atoms with E-state index in [1.807, 2.05) is 42.7 Å². The number of amides is 2. The molecule has 9 heteroatoms. The fourth-order valence-electron chi connectivity index (χ4n) is 2.79. The van der Waals surface area contributed by atoms with E-state index in [0.29, 0.717) is 17.3 Å². The number of fused-ring (bicyclic) bond motifs is 1. The van der Waals surface area contributed by atoms with Crippen LogP contribution in [0.2, 0.25) is 0 Å². The summed E-state index contributed by atoms with van der Waals surface area (Å²) in [4.78, 5) is 16.6. The maximum atomic E-state index is 12.4. The predicted molar refractivity (Wildman–Crippen MR) is 102 cm³/mol. The number of benzene rings is 1. The number of hydrogen-bond acceptors (Lipinski definition) is 5. The van der Waals surface area contributed by atoms with Gasteiger partial charge in [0.2, 0.25) is 0 Å². The molecule has 1 aromatic carbocycles. The SMILES string of the molecule is CC(C)n1cnnc1-c1cncc(NC(=O)Nc2n[nH]c3ccccc23)c1. The van der Waals surface area contributed by atoms with E-state index in [1.165, 1.54) is 0 Å². The van der Waals surface area contributed by atoms with E-state index in [1.54, 1.807) is 24.8 Å². The number of anilines is 2. The van der Waals surface area contributed by atoms with Crippen LogP contribution < -0.4 is 10.6 Å². The molecule has 0 unspecified atom stereocenters. The molecule has 3 aromatic heterocycles. The standard InChI is InChI=1S/C18H18N8O/c1-11(2)26-10-20-25-17(26)12-7-13(9-19-8-12)21-18(27)22-16-14-5-3-4-6-15(14)23-24-16/h3-11H,1-2H3,(H3,21,22,23,24,27). The van der Waals surface area contributed by atoms with Crippen LogP contribution in [0.25, 0.3) is 22.3 Å². The molecule has 0 saturated carbocycles. The number of carbonyl (C=O) groups is 1. The molecule has 0 aliphatic carbocycles. The fourth-order valence-corrected chi connectivity index (χ4v) is 2.79. The van der Waals surface area contributed by atoms with E-state index in [4.69, 9.17) is 0 Å². The van der Waals surface area contributed by atoms with Gasteiger partial charge in [-0.2, -0.15) is 5.10 Å². The topological polar surface area (TPSA) is 113 Å². The molecular weight excluding hydrogens is 344 g/mol. The molecule has 27 heavy (non-hydrogen) atoms. The predicted octanol–water partition coefficient (Wildman–Crippen LogP) is 3.44. The van der Waals surface area contributed by atoms with Crippen molar-refractivity contribution in [2.45, 2.75) is 19.9 Å². The van der Waals surface area contributed by atoms with Gasteiger partial charge < -0.3 is 9.88 Å². The maximum Gasteiger partial charge on any atom is 0.324 e. The highest BCUT2D eigenvalue weighted by Gasteiger charge is 2.13. The molecular formula is C18H18N8O. The van der Waals surface area contributed by atoms with Gasteiger partial charge in [0.25, 0.3) is 0 Å². The zero-order valence-corrected chi connectivity index (χ0v) is 14.8. The Hall–Kier alpha value is -3.75. The molecule has 0 spiro atoms. The van der Waals surface area contributed by atoms with Crippen molar-refractivity contribution in [3.8, 4) is 11.4 Å². The summed E-state index contributed by atoms with van der Waals surface area (Å²) < 4.78 is 1.94.